The second kappa shape index (κ2) is 5.58. The molecule has 0 saturated carbocycles. The van der Waals surface area contributed by atoms with Crippen molar-refractivity contribution in [3.05, 3.63) is 53.5 Å². The van der Waals surface area contributed by atoms with Gasteiger partial charge in [0.05, 0.1) is 12.3 Å². The van der Waals surface area contributed by atoms with E-state index in [1.807, 2.05) is 13.0 Å². The smallest absolute Gasteiger partial charge is 0.467 e. The van der Waals surface area contributed by atoms with E-state index in [0.29, 0.717) is 12.2 Å². The molecule has 0 aliphatic carbocycles. The van der Waals surface area contributed by atoms with E-state index in [1.165, 1.54) is 12.1 Å². The van der Waals surface area contributed by atoms with Crippen LogP contribution in [0.2, 0.25) is 0 Å². The van der Waals surface area contributed by atoms with Crippen LogP contribution in [0.3, 0.4) is 0 Å². The molecule has 20 heavy (non-hydrogen) atoms. The fourth-order valence-electron chi connectivity index (χ4n) is 1.94. The molecule has 1 atom stereocenters. The van der Waals surface area contributed by atoms with Crippen LogP contribution in [0.25, 0.3) is 0 Å². The zero-order valence-corrected chi connectivity index (χ0v) is 10.8. The van der Waals surface area contributed by atoms with Crippen LogP contribution >= 0.6 is 0 Å². The van der Waals surface area contributed by atoms with Crippen LogP contribution in [0.5, 0.6) is 5.75 Å². The molecule has 2 aromatic rings. The van der Waals surface area contributed by atoms with E-state index < -0.39 is 6.36 Å². The SMILES string of the molecule is Cc1ccoc1C(N)Cc1ccc(OC(F)(F)F)cc1. The molecule has 3 nitrogen and oxygen atoms in total. The van der Waals surface area contributed by atoms with E-state index in [2.05, 4.69) is 4.74 Å². The lowest BCUT2D eigenvalue weighted by atomic mass is 10.0. The number of aryl methyl sites for hydroxylation is 1. The van der Waals surface area contributed by atoms with Gasteiger partial charge in [-0.1, -0.05) is 12.1 Å². The predicted octanol–water partition coefficient (Wildman–Crippen LogP) is 3.73. The van der Waals surface area contributed by atoms with Crippen LogP contribution < -0.4 is 10.5 Å². The van der Waals surface area contributed by atoms with Crippen LogP contribution in [0.4, 0.5) is 13.2 Å². The Morgan fingerprint density at radius 3 is 2.35 bits per heavy atom. The van der Waals surface area contributed by atoms with Crippen LogP contribution in [0.15, 0.2) is 41.0 Å². The molecule has 0 radical (unpaired) electrons. The summed E-state index contributed by atoms with van der Waals surface area (Å²) in [6.07, 6.45) is -2.64. The van der Waals surface area contributed by atoms with E-state index in [-0.39, 0.29) is 11.8 Å². The number of ether oxygens (including phenoxy) is 1. The minimum absolute atomic E-state index is 0.246. The van der Waals surface area contributed by atoms with Gasteiger partial charge in [-0.05, 0) is 42.7 Å². The highest BCUT2D eigenvalue weighted by Gasteiger charge is 2.30. The van der Waals surface area contributed by atoms with Gasteiger partial charge in [0.25, 0.3) is 0 Å². The minimum atomic E-state index is -4.68. The first-order valence-corrected chi connectivity index (χ1v) is 5.99. The van der Waals surface area contributed by atoms with Crippen molar-refractivity contribution in [2.24, 2.45) is 5.73 Å². The predicted molar refractivity (Wildman–Crippen MR) is 67.2 cm³/mol. The van der Waals surface area contributed by atoms with E-state index in [1.54, 1.807) is 18.4 Å². The standard InChI is InChI=1S/C14H14F3NO2/c1-9-6-7-19-13(9)12(18)8-10-2-4-11(5-3-10)20-14(15,16)17/h2-7,12H,8,18H2,1H3. The molecule has 0 saturated heterocycles. The van der Waals surface area contributed by atoms with Gasteiger partial charge in [-0.2, -0.15) is 0 Å². The van der Waals surface area contributed by atoms with Gasteiger partial charge in [0.1, 0.15) is 11.5 Å². The average molecular weight is 285 g/mol. The normalized spacial score (nSPS) is 13.2. The largest absolute Gasteiger partial charge is 0.573 e. The number of alkyl halides is 3. The fourth-order valence-corrected chi connectivity index (χ4v) is 1.94. The number of hydrogen-bond acceptors (Lipinski definition) is 3. The Labute approximate surface area is 114 Å². The highest BCUT2D eigenvalue weighted by Crippen LogP contribution is 2.25. The Hall–Kier alpha value is -1.95. The van der Waals surface area contributed by atoms with Gasteiger partial charge in [0.2, 0.25) is 0 Å². The third kappa shape index (κ3) is 3.77. The molecule has 0 aliphatic heterocycles. The molecule has 6 heteroatoms. The quantitative estimate of drug-likeness (QED) is 0.931. The number of nitrogens with two attached hydrogens (primary N) is 1. The van der Waals surface area contributed by atoms with Crippen LogP contribution in [0.1, 0.15) is 22.9 Å². The van der Waals surface area contributed by atoms with E-state index in [0.717, 1.165) is 11.1 Å². The molecule has 0 aliphatic rings. The number of rotatable bonds is 4. The maximum atomic E-state index is 12.0. The van der Waals surface area contributed by atoms with Gasteiger partial charge in [-0.15, -0.1) is 13.2 Å². The second-order valence-electron chi connectivity index (χ2n) is 4.47. The molecule has 0 bridgehead atoms. The highest BCUT2D eigenvalue weighted by molar-refractivity contribution is 5.29. The summed E-state index contributed by atoms with van der Waals surface area (Å²) in [4.78, 5) is 0. The lowest BCUT2D eigenvalue weighted by molar-refractivity contribution is -0.274. The van der Waals surface area contributed by atoms with E-state index >= 15 is 0 Å². The van der Waals surface area contributed by atoms with Crippen LogP contribution in [-0.2, 0) is 6.42 Å². The molecular formula is C14H14F3NO2. The number of benzene rings is 1. The third-order valence-corrected chi connectivity index (χ3v) is 2.85. The van der Waals surface area contributed by atoms with Crippen molar-refractivity contribution in [3.8, 4) is 5.75 Å². The second-order valence-corrected chi connectivity index (χ2v) is 4.47. The molecule has 1 aromatic heterocycles. The zero-order chi connectivity index (χ0) is 14.8. The summed E-state index contributed by atoms with van der Waals surface area (Å²) in [5, 5.41) is 0. The van der Waals surface area contributed by atoms with Crippen molar-refractivity contribution in [2.45, 2.75) is 25.7 Å². The van der Waals surface area contributed by atoms with Crippen LogP contribution in [-0.4, -0.2) is 6.36 Å². The maximum absolute atomic E-state index is 12.0. The summed E-state index contributed by atoms with van der Waals surface area (Å²) in [5.41, 5.74) is 7.77. The average Bonchev–Trinajstić information content (AvgIpc) is 2.76. The number of hydrogen-bond donors (Lipinski definition) is 1. The molecular weight excluding hydrogens is 271 g/mol. The van der Waals surface area contributed by atoms with Gasteiger partial charge in [0, 0.05) is 0 Å². The van der Waals surface area contributed by atoms with Gasteiger partial charge in [0.15, 0.2) is 0 Å². The zero-order valence-electron chi connectivity index (χ0n) is 10.8. The molecule has 2 rings (SSSR count). The molecule has 0 spiro atoms. The summed E-state index contributed by atoms with van der Waals surface area (Å²) in [5.74, 6) is 0.435. The first kappa shape index (κ1) is 14.5. The Bertz CT molecular complexity index is 561. The lowest BCUT2D eigenvalue weighted by Crippen LogP contribution is -2.17. The minimum Gasteiger partial charge on any atom is -0.467 e. The van der Waals surface area contributed by atoms with Crippen molar-refractivity contribution < 1.29 is 22.3 Å². The summed E-state index contributed by atoms with van der Waals surface area (Å²) in [7, 11) is 0. The highest BCUT2D eigenvalue weighted by atomic mass is 19.4. The summed E-state index contributed by atoms with van der Waals surface area (Å²) in [6.45, 7) is 1.89. The van der Waals surface area contributed by atoms with E-state index in [9.17, 15) is 13.2 Å². The van der Waals surface area contributed by atoms with Crippen molar-refractivity contribution in [2.75, 3.05) is 0 Å². The molecule has 1 unspecified atom stereocenters. The molecule has 0 fully saturated rings. The van der Waals surface area contributed by atoms with Gasteiger partial charge < -0.3 is 14.9 Å². The van der Waals surface area contributed by atoms with Crippen molar-refractivity contribution in [1.82, 2.24) is 0 Å². The Morgan fingerprint density at radius 1 is 1.20 bits per heavy atom. The monoisotopic (exact) mass is 285 g/mol. The van der Waals surface area contributed by atoms with Crippen molar-refractivity contribution in [3.63, 3.8) is 0 Å². The summed E-state index contributed by atoms with van der Waals surface area (Å²) >= 11 is 0. The Morgan fingerprint density at radius 2 is 1.85 bits per heavy atom. The molecule has 1 aromatic carbocycles. The molecule has 2 N–H and O–H groups in total. The Balaban J connectivity index is 2.02. The van der Waals surface area contributed by atoms with Gasteiger partial charge >= 0.3 is 6.36 Å². The number of halogens is 3. The maximum Gasteiger partial charge on any atom is 0.573 e. The van der Waals surface area contributed by atoms with Crippen LogP contribution in [0, 0.1) is 6.92 Å². The van der Waals surface area contributed by atoms with Crippen molar-refractivity contribution >= 4 is 0 Å². The molecule has 108 valence electrons. The Kier molecular flexibility index (Phi) is 4.04. The number of furan rings is 1. The first-order chi connectivity index (χ1) is 9.35. The summed E-state index contributed by atoms with van der Waals surface area (Å²) in [6, 6.07) is 7.13. The third-order valence-electron chi connectivity index (χ3n) is 2.85. The topological polar surface area (TPSA) is 48.4 Å². The fraction of sp³-hybridized carbons (Fsp3) is 0.286. The molecule has 1 heterocycles. The molecule has 0 amide bonds. The summed E-state index contributed by atoms with van der Waals surface area (Å²) < 4.78 is 45.2. The van der Waals surface area contributed by atoms with Gasteiger partial charge in [-0.3, -0.25) is 0 Å². The van der Waals surface area contributed by atoms with Crippen molar-refractivity contribution in [1.29, 1.82) is 0 Å². The van der Waals surface area contributed by atoms with Gasteiger partial charge in [-0.25, -0.2) is 0 Å². The van der Waals surface area contributed by atoms with E-state index in [4.69, 9.17) is 10.2 Å². The first-order valence-electron chi connectivity index (χ1n) is 5.99. The lowest BCUT2D eigenvalue weighted by Gasteiger charge is -2.12.